The molecule has 1 aromatic carbocycles. The van der Waals surface area contributed by atoms with Crippen LogP contribution in [0.4, 0.5) is 0 Å². The second-order valence-electron chi connectivity index (χ2n) is 4.16. The molecule has 0 saturated carbocycles. The van der Waals surface area contributed by atoms with Crippen molar-refractivity contribution in [3.05, 3.63) is 67.6 Å². The molecule has 0 radical (unpaired) electrons. The molecule has 1 N–H and O–H groups in total. The number of nitrogens with zero attached hydrogens (tertiary/aromatic N) is 1. The molecule has 0 bridgehead atoms. The lowest BCUT2D eigenvalue weighted by molar-refractivity contribution is 0.0949. The minimum atomic E-state index is -0.344. The van der Waals surface area contributed by atoms with Gasteiger partial charge in [0.05, 0.1) is 0 Å². The Balaban J connectivity index is 2.15. The lowest BCUT2D eigenvalue weighted by atomic mass is 10.2. The van der Waals surface area contributed by atoms with Crippen LogP contribution in [0.3, 0.4) is 0 Å². The molecule has 0 saturated heterocycles. The Labute approximate surface area is 124 Å². The van der Waals surface area contributed by atoms with E-state index in [0.29, 0.717) is 6.54 Å². The normalized spacial score (nSPS) is 10.2. The van der Waals surface area contributed by atoms with Crippen molar-refractivity contribution in [3.63, 3.8) is 0 Å². The number of carbonyl (C=O) groups is 1. The Hall–Kier alpha value is -1.63. The Morgan fingerprint density at radius 3 is 2.68 bits per heavy atom. The van der Waals surface area contributed by atoms with Gasteiger partial charge in [-0.2, -0.15) is 0 Å². The molecule has 98 valence electrons. The zero-order valence-electron chi connectivity index (χ0n) is 10.4. The van der Waals surface area contributed by atoms with Crippen LogP contribution in [0.25, 0.3) is 0 Å². The quantitative estimate of drug-likeness (QED) is 0.842. The molecule has 1 amide bonds. The van der Waals surface area contributed by atoms with Crippen LogP contribution in [0.1, 0.15) is 15.9 Å². The third-order valence-electron chi connectivity index (χ3n) is 2.69. The Morgan fingerprint density at radius 1 is 1.32 bits per heavy atom. The highest BCUT2D eigenvalue weighted by molar-refractivity contribution is 14.1. The van der Waals surface area contributed by atoms with Crippen molar-refractivity contribution in [1.82, 2.24) is 9.88 Å². The highest BCUT2D eigenvalue weighted by atomic mass is 127. The average molecular weight is 368 g/mol. The molecule has 5 heteroatoms. The predicted octanol–water partition coefficient (Wildman–Crippen LogP) is 1.92. The highest BCUT2D eigenvalue weighted by Gasteiger charge is 2.12. The zero-order valence-corrected chi connectivity index (χ0v) is 12.5. The summed E-state index contributed by atoms with van der Waals surface area (Å²) in [4.78, 5) is 23.9. The van der Waals surface area contributed by atoms with E-state index in [9.17, 15) is 9.59 Å². The number of pyridine rings is 1. The number of halogens is 1. The lowest BCUT2D eigenvalue weighted by Crippen LogP contribution is -2.32. The van der Waals surface area contributed by atoms with E-state index in [1.54, 1.807) is 19.3 Å². The van der Waals surface area contributed by atoms with Gasteiger partial charge >= 0.3 is 0 Å². The number of hydrogen-bond acceptors (Lipinski definition) is 2. The van der Waals surface area contributed by atoms with E-state index >= 15 is 0 Å². The van der Waals surface area contributed by atoms with Crippen LogP contribution < -0.4 is 10.9 Å². The van der Waals surface area contributed by atoms with E-state index in [0.717, 1.165) is 9.13 Å². The van der Waals surface area contributed by atoms with Gasteiger partial charge in [0.1, 0.15) is 5.56 Å². The second-order valence-corrected chi connectivity index (χ2v) is 5.40. The van der Waals surface area contributed by atoms with Gasteiger partial charge in [0, 0.05) is 23.4 Å². The lowest BCUT2D eigenvalue weighted by Gasteiger charge is -2.07. The Morgan fingerprint density at radius 2 is 2.00 bits per heavy atom. The largest absolute Gasteiger partial charge is 0.348 e. The fraction of sp³-hybridized carbons (Fsp3) is 0.143. The summed E-state index contributed by atoms with van der Waals surface area (Å²) in [6, 6.07) is 11.2. The van der Waals surface area contributed by atoms with Crippen molar-refractivity contribution in [2.24, 2.45) is 7.05 Å². The van der Waals surface area contributed by atoms with E-state index in [-0.39, 0.29) is 17.0 Å². The van der Waals surface area contributed by atoms with E-state index in [2.05, 4.69) is 27.9 Å². The van der Waals surface area contributed by atoms with Crippen LogP contribution >= 0.6 is 22.6 Å². The van der Waals surface area contributed by atoms with Crippen LogP contribution in [0, 0.1) is 3.57 Å². The van der Waals surface area contributed by atoms with Gasteiger partial charge in [0.2, 0.25) is 0 Å². The summed E-state index contributed by atoms with van der Waals surface area (Å²) >= 11 is 2.08. The number of aryl methyl sites for hydroxylation is 1. The van der Waals surface area contributed by atoms with E-state index in [4.69, 9.17) is 0 Å². The third-order valence-corrected chi connectivity index (χ3v) is 3.28. The highest BCUT2D eigenvalue weighted by Crippen LogP contribution is 2.04. The van der Waals surface area contributed by atoms with Crippen molar-refractivity contribution in [2.45, 2.75) is 6.54 Å². The molecular weight excluding hydrogens is 355 g/mol. The number of benzene rings is 1. The van der Waals surface area contributed by atoms with Crippen LogP contribution in [-0.2, 0) is 13.6 Å². The van der Waals surface area contributed by atoms with Gasteiger partial charge in [-0.25, -0.2) is 0 Å². The molecule has 0 atom stereocenters. The van der Waals surface area contributed by atoms with Crippen molar-refractivity contribution in [2.75, 3.05) is 0 Å². The van der Waals surface area contributed by atoms with Crippen molar-refractivity contribution >= 4 is 28.5 Å². The van der Waals surface area contributed by atoms with Gasteiger partial charge in [-0.15, -0.1) is 0 Å². The van der Waals surface area contributed by atoms with E-state index < -0.39 is 0 Å². The molecule has 1 aromatic heterocycles. The molecule has 0 aliphatic rings. The van der Waals surface area contributed by atoms with Gasteiger partial charge in [0.15, 0.2) is 0 Å². The van der Waals surface area contributed by atoms with Gasteiger partial charge in [-0.1, -0.05) is 30.3 Å². The molecule has 4 nitrogen and oxygen atoms in total. The van der Waals surface area contributed by atoms with Crippen LogP contribution in [0.5, 0.6) is 0 Å². The van der Waals surface area contributed by atoms with E-state index in [1.165, 1.54) is 4.57 Å². The van der Waals surface area contributed by atoms with E-state index in [1.807, 2.05) is 30.3 Å². The molecule has 2 aromatic rings. The maximum Gasteiger partial charge on any atom is 0.263 e. The molecule has 1 heterocycles. The van der Waals surface area contributed by atoms with Gasteiger partial charge < -0.3 is 9.88 Å². The SMILES string of the molecule is Cn1cc(I)cc(C(=O)NCc2ccccc2)c1=O. The van der Waals surface area contributed by atoms with Crippen molar-refractivity contribution in [3.8, 4) is 0 Å². The average Bonchev–Trinajstić information content (AvgIpc) is 2.41. The molecule has 19 heavy (non-hydrogen) atoms. The number of aromatic nitrogens is 1. The Kier molecular flexibility index (Phi) is 4.36. The summed E-state index contributed by atoms with van der Waals surface area (Å²) in [6.07, 6.45) is 1.69. The first-order valence-corrected chi connectivity index (χ1v) is 6.84. The number of carbonyl (C=O) groups excluding carboxylic acids is 1. The van der Waals surface area contributed by atoms with Gasteiger partial charge in [-0.3, -0.25) is 9.59 Å². The number of nitrogens with one attached hydrogen (secondary N) is 1. The standard InChI is InChI=1S/C14H13IN2O2/c1-17-9-11(15)7-12(14(17)19)13(18)16-8-10-5-3-2-4-6-10/h2-7,9H,8H2,1H3,(H,16,18). The molecule has 0 unspecified atom stereocenters. The molecule has 0 aliphatic carbocycles. The first kappa shape index (κ1) is 13.8. The smallest absolute Gasteiger partial charge is 0.263 e. The van der Waals surface area contributed by atoms with Crippen molar-refractivity contribution < 1.29 is 4.79 Å². The van der Waals surface area contributed by atoms with Crippen LogP contribution in [0.2, 0.25) is 0 Å². The number of hydrogen-bond donors (Lipinski definition) is 1. The van der Waals surface area contributed by atoms with Crippen LogP contribution in [-0.4, -0.2) is 10.5 Å². The second kappa shape index (κ2) is 6.01. The third kappa shape index (κ3) is 3.44. The predicted molar refractivity (Wildman–Crippen MR) is 82.0 cm³/mol. The summed E-state index contributed by atoms with van der Waals surface area (Å²) in [6.45, 7) is 0.411. The maximum absolute atomic E-state index is 12.0. The monoisotopic (exact) mass is 368 g/mol. The molecule has 0 aliphatic heterocycles. The minimum Gasteiger partial charge on any atom is -0.348 e. The first-order valence-electron chi connectivity index (χ1n) is 5.76. The Bertz CT molecular complexity index is 650. The molecular formula is C14H13IN2O2. The molecule has 0 spiro atoms. The van der Waals surface area contributed by atoms with Crippen LogP contribution in [0.15, 0.2) is 47.4 Å². The van der Waals surface area contributed by atoms with Crippen molar-refractivity contribution in [1.29, 1.82) is 0 Å². The zero-order chi connectivity index (χ0) is 13.8. The summed E-state index contributed by atoms with van der Waals surface area (Å²) in [5.74, 6) is -0.344. The molecule has 2 rings (SSSR count). The molecule has 0 fully saturated rings. The minimum absolute atomic E-state index is 0.172. The fourth-order valence-corrected chi connectivity index (χ4v) is 2.44. The summed E-state index contributed by atoms with van der Waals surface area (Å²) in [5, 5.41) is 2.75. The fourth-order valence-electron chi connectivity index (χ4n) is 1.71. The summed E-state index contributed by atoms with van der Waals surface area (Å²) in [7, 11) is 1.64. The van der Waals surface area contributed by atoms with Gasteiger partial charge in [0.25, 0.3) is 11.5 Å². The summed E-state index contributed by atoms with van der Waals surface area (Å²) < 4.78 is 2.27. The summed E-state index contributed by atoms with van der Waals surface area (Å²) in [5.41, 5.74) is 0.884. The number of amides is 1. The maximum atomic E-state index is 12.0. The topological polar surface area (TPSA) is 51.1 Å². The number of rotatable bonds is 3. The first-order chi connectivity index (χ1) is 9.08. The van der Waals surface area contributed by atoms with Gasteiger partial charge in [-0.05, 0) is 34.2 Å².